The fraction of sp³-hybridized carbons (Fsp3) is 0.500. The van der Waals surface area contributed by atoms with Crippen molar-refractivity contribution >= 4 is 34.0 Å². The van der Waals surface area contributed by atoms with E-state index >= 15 is 0 Å². The van der Waals surface area contributed by atoms with Gasteiger partial charge in [0.25, 0.3) is 0 Å². The van der Waals surface area contributed by atoms with Crippen LogP contribution in [0.1, 0.15) is 18.9 Å². The van der Waals surface area contributed by atoms with Crippen LogP contribution >= 0.6 is 23.2 Å². The lowest BCUT2D eigenvalue weighted by atomic mass is 10.2. The van der Waals surface area contributed by atoms with Crippen molar-refractivity contribution in [1.82, 2.24) is 5.32 Å². The lowest BCUT2D eigenvalue weighted by Crippen LogP contribution is -2.20. The average molecular weight is 294 g/mol. The first-order valence-electron chi connectivity index (χ1n) is 5.47. The third-order valence-electron chi connectivity index (χ3n) is 2.55. The molecule has 0 saturated carbocycles. The second-order valence-electron chi connectivity index (χ2n) is 4.05. The molecule has 0 aromatic heterocycles. The van der Waals surface area contributed by atoms with Crippen LogP contribution in [0.4, 0.5) is 0 Å². The SMILES string of the molecule is CC(CCNCc1cc(Cl)cc(Cl)c1)S(C)=O. The van der Waals surface area contributed by atoms with E-state index in [4.69, 9.17) is 23.2 Å². The fourth-order valence-electron chi connectivity index (χ4n) is 1.42. The molecule has 2 nitrogen and oxygen atoms in total. The lowest BCUT2D eigenvalue weighted by molar-refractivity contribution is 0.629. The van der Waals surface area contributed by atoms with Crippen LogP contribution in [-0.2, 0) is 17.3 Å². The molecule has 0 fully saturated rings. The summed E-state index contributed by atoms with van der Waals surface area (Å²) >= 11 is 11.8. The van der Waals surface area contributed by atoms with E-state index in [1.807, 2.05) is 19.1 Å². The second-order valence-corrected chi connectivity index (χ2v) is 6.73. The average Bonchev–Trinajstić information content (AvgIpc) is 2.22. The van der Waals surface area contributed by atoms with Crippen molar-refractivity contribution in [3.63, 3.8) is 0 Å². The molecular formula is C12H17Cl2NOS. The molecule has 2 unspecified atom stereocenters. The van der Waals surface area contributed by atoms with Crippen LogP contribution in [0.5, 0.6) is 0 Å². The quantitative estimate of drug-likeness (QED) is 0.816. The number of hydrogen-bond acceptors (Lipinski definition) is 2. The van der Waals surface area contributed by atoms with Gasteiger partial charge in [0.1, 0.15) is 0 Å². The first-order chi connectivity index (χ1) is 7.99. The molecule has 1 aromatic carbocycles. The van der Waals surface area contributed by atoms with Crippen molar-refractivity contribution in [1.29, 1.82) is 0 Å². The zero-order valence-corrected chi connectivity index (χ0v) is 12.3. The third-order valence-corrected chi connectivity index (χ3v) is 4.35. The normalized spacial score (nSPS) is 14.6. The molecule has 1 aromatic rings. The number of benzene rings is 1. The topological polar surface area (TPSA) is 29.1 Å². The molecule has 0 spiro atoms. The highest BCUT2D eigenvalue weighted by molar-refractivity contribution is 7.84. The molecular weight excluding hydrogens is 277 g/mol. The molecule has 0 aliphatic rings. The van der Waals surface area contributed by atoms with Gasteiger partial charge in [-0.2, -0.15) is 0 Å². The van der Waals surface area contributed by atoms with Crippen LogP contribution in [0.15, 0.2) is 18.2 Å². The smallest absolute Gasteiger partial charge is 0.0424 e. The highest BCUT2D eigenvalue weighted by atomic mass is 35.5. The summed E-state index contributed by atoms with van der Waals surface area (Å²) in [6, 6.07) is 5.50. The Hall–Kier alpha value is -0.0900. The number of rotatable bonds is 6. The van der Waals surface area contributed by atoms with Crippen molar-refractivity contribution in [2.24, 2.45) is 0 Å². The first kappa shape index (κ1) is 15.0. The zero-order chi connectivity index (χ0) is 12.8. The maximum Gasteiger partial charge on any atom is 0.0424 e. The van der Waals surface area contributed by atoms with E-state index in [0.717, 1.165) is 25.1 Å². The van der Waals surface area contributed by atoms with Gasteiger partial charge < -0.3 is 5.32 Å². The Morgan fingerprint density at radius 1 is 1.29 bits per heavy atom. The van der Waals surface area contributed by atoms with Gasteiger partial charge in [-0.3, -0.25) is 4.21 Å². The predicted molar refractivity (Wildman–Crippen MR) is 76.3 cm³/mol. The third kappa shape index (κ3) is 5.87. The van der Waals surface area contributed by atoms with Gasteiger partial charge in [0.2, 0.25) is 0 Å². The molecule has 0 amide bonds. The largest absolute Gasteiger partial charge is 0.313 e. The van der Waals surface area contributed by atoms with E-state index < -0.39 is 10.8 Å². The molecule has 0 aliphatic carbocycles. The van der Waals surface area contributed by atoms with Gasteiger partial charge in [0.05, 0.1) is 0 Å². The highest BCUT2D eigenvalue weighted by Gasteiger charge is 2.05. The molecule has 2 atom stereocenters. The van der Waals surface area contributed by atoms with Gasteiger partial charge in [0.15, 0.2) is 0 Å². The van der Waals surface area contributed by atoms with Gasteiger partial charge in [-0.1, -0.05) is 30.1 Å². The summed E-state index contributed by atoms with van der Waals surface area (Å²) in [6.07, 6.45) is 2.64. The van der Waals surface area contributed by atoms with Crippen molar-refractivity contribution < 1.29 is 4.21 Å². The zero-order valence-electron chi connectivity index (χ0n) is 10.0. The van der Waals surface area contributed by atoms with Crippen molar-refractivity contribution in [2.75, 3.05) is 12.8 Å². The van der Waals surface area contributed by atoms with E-state index in [9.17, 15) is 4.21 Å². The van der Waals surface area contributed by atoms with Crippen LogP contribution in [-0.4, -0.2) is 22.3 Å². The summed E-state index contributed by atoms with van der Waals surface area (Å²) in [5, 5.41) is 4.82. The van der Waals surface area contributed by atoms with E-state index in [1.165, 1.54) is 0 Å². The highest BCUT2D eigenvalue weighted by Crippen LogP contribution is 2.18. The Morgan fingerprint density at radius 3 is 2.41 bits per heavy atom. The van der Waals surface area contributed by atoms with Gasteiger partial charge in [-0.15, -0.1) is 0 Å². The molecule has 0 bridgehead atoms. The standard InChI is InChI=1S/C12H17Cl2NOS/c1-9(17(2)16)3-4-15-8-10-5-11(13)7-12(14)6-10/h5-7,9,15H,3-4,8H2,1-2H3. The van der Waals surface area contributed by atoms with E-state index in [-0.39, 0.29) is 5.25 Å². The summed E-state index contributed by atoms with van der Waals surface area (Å²) in [4.78, 5) is 0. The van der Waals surface area contributed by atoms with Gasteiger partial charge in [-0.25, -0.2) is 0 Å². The minimum absolute atomic E-state index is 0.227. The fourth-order valence-corrected chi connectivity index (χ4v) is 2.44. The van der Waals surface area contributed by atoms with Crippen molar-refractivity contribution in [3.05, 3.63) is 33.8 Å². The maximum atomic E-state index is 11.1. The summed E-state index contributed by atoms with van der Waals surface area (Å²) in [5.41, 5.74) is 1.06. The van der Waals surface area contributed by atoms with Crippen LogP contribution in [0.25, 0.3) is 0 Å². The Labute approximate surface area is 115 Å². The first-order valence-corrected chi connectivity index (χ1v) is 7.84. The molecule has 17 heavy (non-hydrogen) atoms. The Bertz CT molecular complexity index is 378. The molecule has 0 saturated heterocycles. The van der Waals surface area contributed by atoms with Crippen LogP contribution in [0, 0.1) is 0 Å². The lowest BCUT2D eigenvalue weighted by Gasteiger charge is -2.09. The number of nitrogens with one attached hydrogen (secondary N) is 1. The van der Waals surface area contributed by atoms with Crippen molar-refractivity contribution in [3.8, 4) is 0 Å². The summed E-state index contributed by atoms with van der Waals surface area (Å²) < 4.78 is 11.1. The van der Waals surface area contributed by atoms with Gasteiger partial charge in [-0.05, 0) is 36.7 Å². The minimum atomic E-state index is -0.748. The predicted octanol–water partition coefficient (Wildman–Crippen LogP) is 3.24. The summed E-state index contributed by atoms with van der Waals surface area (Å²) in [7, 11) is -0.748. The molecule has 5 heteroatoms. The van der Waals surface area contributed by atoms with E-state index in [1.54, 1.807) is 12.3 Å². The number of hydrogen-bond donors (Lipinski definition) is 1. The van der Waals surface area contributed by atoms with Gasteiger partial charge in [0, 0.05) is 38.9 Å². The van der Waals surface area contributed by atoms with E-state index in [0.29, 0.717) is 10.0 Å². The molecule has 0 aliphatic heterocycles. The molecule has 96 valence electrons. The molecule has 1 rings (SSSR count). The Balaban J connectivity index is 2.33. The number of halogens is 2. The Morgan fingerprint density at radius 2 is 1.88 bits per heavy atom. The van der Waals surface area contributed by atoms with Crippen LogP contribution in [0.2, 0.25) is 10.0 Å². The molecule has 0 heterocycles. The summed E-state index contributed by atoms with van der Waals surface area (Å²) in [6.45, 7) is 3.56. The molecule has 1 N–H and O–H groups in total. The molecule has 0 radical (unpaired) electrons. The van der Waals surface area contributed by atoms with Gasteiger partial charge >= 0.3 is 0 Å². The monoisotopic (exact) mass is 293 g/mol. The Kier molecular flexibility index (Phi) is 6.49. The van der Waals surface area contributed by atoms with Crippen molar-refractivity contribution in [2.45, 2.75) is 25.1 Å². The van der Waals surface area contributed by atoms with Crippen LogP contribution in [0.3, 0.4) is 0 Å². The van der Waals surface area contributed by atoms with E-state index in [2.05, 4.69) is 5.32 Å². The maximum absolute atomic E-state index is 11.1. The summed E-state index contributed by atoms with van der Waals surface area (Å²) in [5.74, 6) is 0. The minimum Gasteiger partial charge on any atom is -0.313 e. The second kappa shape index (κ2) is 7.37. The van der Waals surface area contributed by atoms with Crippen LogP contribution < -0.4 is 5.32 Å².